The van der Waals surface area contributed by atoms with Crippen molar-refractivity contribution in [2.45, 2.75) is 70.4 Å². The highest BCUT2D eigenvalue weighted by Gasteiger charge is 2.41. The topological polar surface area (TPSA) is 96.4 Å². The zero-order valence-corrected chi connectivity index (χ0v) is 15.2. The normalized spacial score (nSPS) is 34.4. The van der Waals surface area contributed by atoms with Gasteiger partial charge in [0.05, 0.1) is 18.3 Å². The second-order valence-electron chi connectivity index (χ2n) is 7.54. The van der Waals surface area contributed by atoms with Crippen LogP contribution in [0.4, 0.5) is 0 Å². The second kappa shape index (κ2) is 7.76. The number of ether oxygens (including phenoxy) is 2. The fraction of sp³-hybridized carbons (Fsp3) is 0.600. The van der Waals surface area contributed by atoms with Gasteiger partial charge in [-0.25, -0.2) is 4.79 Å². The zero-order valence-electron chi connectivity index (χ0n) is 15.2. The average Bonchev–Trinajstić information content (AvgIpc) is 3.27. The van der Waals surface area contributed by atoms with Crippen molar-refractivity contribution in [1.29, 1.82) is 0 Å². The van der Waals surface area contributed by atoms with Crippen LogP contribution in [0, 0.1) is 5.92 Å². The summed E-state index contributed by atoms with van der Waals surface area (Å²) in [4.78, 5) is 24.9. The van der Waals surface area contributed by atoms with Gasteiger partial charge < -0.3 is 19.7 Å². The van der Waals surface area contributed by atoms with Crippen molar-refractivity contribution in [3.63, 3.8) is 0 Å². The first-order valence-electron chi connectivity index (χ1n) is 9.22. The highest BCUT2D eigenvalue weighted by Crippen LogP contribution is 2.34. The highest BCUT2D eigenvalue weighted by molar-refractivity contribution is 5.99. The van der Waals surface area contributed by atoms with Crippen LogP contribution in [0.25, 0.3) is 0 Å². The van der Waals surface area contributed by atoms with E-state index in [0.717, 1.165) is 12.8 Å². The van der Waals surface area contributed by atoms with Gasteiger partial charge >= 0.3 is 5.97 Å². The Kier molecular flexibility index (Phi) is 5.63. The van der Waals surface area contributed by atoms with Gasteiger partial charge in [-0.15, -0.1) is 0 Å². The summed E-state index contributed by atoms with van der Waals surface area (Å²) < 4.78 is 11.3. The molecule has 3 rings (SSSR count). The van der Waals surface area contributed by atoms with Crippen LogP contribution < -0.4 is 0 Å². The summed E-state index contributed by atoms with van der Waals surface area (Å²) in [6.45, 7) is 3.95. The maximum absolute atomic E-state index is 12.7. The number of carbonyl (C=O) groups excluding carboxylic acids is 2. The molecule has 0 aromatic heterocycles. The summed E-state index contributed by atoms with van der Waals surface area (Å²) in [6, 6.07) is 0. The molecule has 2 N–H and O–H groups in total. The van der Waals surface area contributed by atoms with Crippen LogP contribution >= 0.6 is 0 Å². The molecule has 1 aliphatic carbocycles. The third kappa shape index (κ3) is 4.43. The Morgan fingerprint density at radius 2 is 2.00 bits per heavy atom. The molecule has 2 aliphatic heterocycles. The molecule has 0 amide bonds. The number of esters is 1. The summed E-state index contributed by atoms with van der Waals surface area (Å²) in [5.41, 5.74) is 0.328. The maximum Gasteiger partial charge on any atom is 0.342 e. The number of aliphatic hydroxyl groups is 2. The summed E-state index contributed by atoms with van der Waals surface area (Å²) in [7, 11) is 0. The van der Waals surface area contributed by atoms with Gasteiger partial charge in [0.1, 0.15) is 17.4 Å². The molecule has 0 aromatic rings. The monoisotopic (exact) mass is 362 g/mol. The number of ketones is 1. The number of cyclic esters (lactones) is 1. The standard InChI is InChI=1S/C20H26O6/c1-11(2)17-10-18-16(25-18)6-4-3-5-13(21)7-12-8-14(22)9-15(23)19(12)20(24)26-17/h3,5,8,11,14,16-18,22-23H,4,6-7,9-10H2,1-2H3/b5-3+/t14?,16?,17-,18?/m0/s1. The molecule has 0 spiro atoms. The van der Waals surface area contributed by atoms with Crippen LogP contribution in [-0.4, -0.2) is 46.4 Å². The van der Waals surface area contributed by atoms with E-state index in [4.69, 9.17) is 9.47 Å². The maximum atomic E-state index is 12.7. The van der Waals surface area contributed by atoms with Crippen molar-refractivity contribution in [2.75, 3.05) is 0 Å². The van der Waals surface area contributed by atoms with E-state index in [0.29, 0.717) is 12.0 Å². The Bertz CT molecular complexity index is 672. The Hall–Kier alpha value is -1.92. The van der Waals surface area contributed by atoms with E-state index in [2.05, 4.69) is 0 Å². The van der Waals surface area contributed by atoms with Gasteiger partial charge in [0.15, 0.2) is 5.78 Å². The fourth-order valence-corrected chi connectivity index (χ4v) is 3.50. The van der Waals surface area contributed by atoms with Crippen LogP contribution in [-0.2, 0) is 19.1 Å². The Morgan fingerprint density at radius 3 is 2.73 bits per heavy atom. The van der Waals surface area contributed by atoms with Gasteiger partial charge in [-0.1, -0.05) is 26.0 Å². The summed E-state index contributed by atoms with van der Waals surface area (Å²) in [5.74, 6) is -0.964. The molecule has 0 bridgehead atoms. The number of fused-ring (bicyclic) bond motifs is 2. The molecule has 26 heavy (non-hydrogen) atoms. The van der Waals surface area contributed by atoms with Crippen molar-refractivity contribution < 1.29 is 29.3 Å². The lowest BCUT2D eigenvalue weighted by molar-refractivity contribution is -0.147. The van der Waals surface area contributed by atoms with E-state index in [1.54, 1.807) is 0 Å². The van der Waals surface area contributed by atoms with Crippen molar-refractivity contribution in [3.8, 4) is 0 Å². The van der Waals surface area contributed by atoms with Gasteiger partial charge in [0, 0.05) is 19.3 Å². The van der Waals surface area contributed by atoms with E-state index in [9.17, 15) is 19.8 Å². The van der Waals surface area contributed by atoms with Crippen LogP contribution in [0.1, 0.15) is 46.0 Å². The van der Waals surface area contributed by atoms with E-state index in [-0.39, 0.29) is 54.2 Å². The SMILES string of the molecule is CC(C)[C@@H]1CC2OC2CC/C=C/C(=O)CC2=CC(O)CC(O)=C2C(=O)O1. The minimum atomic E-state index is -0.918. The molecular weight excluding hydrogens is 336 g/mol. The summed E-state index contributed by atoms with van der Waals surface area (Å²) in [5, 5.41) is 20.1. The predicted molar refractivity (Wildman–Crippen MR) is 94.4 cm³/mol. The second-order valence-corrected chi connectivity index (χ2v) is 7.54. The molecule has 6 heteroatoms. The number of hydrogen-bond acceptors (Lipinski definition) is 6. The Morgan fingerprint density at radius 1 is 1.23 bits per heavy atom. The van der Waals surface area contributed by atoms with Gasteiger partial charge in [0.25, 0.3) is 0 Å². The molecule has 6 nitrogen and oxygen atoms in total. The van der Waals surface area contributed by atoms with E-state index >= 15 is 0 Å². The molecule has 142 valence electrons. The number of epoxide rings is 1. The first kappa shape index (κ1) is 18.9. The molecule has 0 saturated carbocycles. The van der Waals surface area contributed by atoms with Crippen LogP contribution in [0.2, 0.25) is 0 Å². The van der Waals surface area contributed by atoms with E-state index in [1.165, 1.54) is 12.2 Å². The van der Waals surface area contributed by atoms with Gasteiger partial charge in [-0.05, 0) is 30.4 Å². The molecule has 4 atom stereocenters. The smallest absolute Gasteiger partial charge is 0.342 e. The molecule has 1 fully saturated rings. The van der Waals surface area contributed by atoms with E-state index < -0.39 is 12.1 Å². The molecule has 3 unspecified atom stereocenters. The third-order valence-corrected chi connectivity index (χ3v) is 5.05. The molecule has 2 heterocycles. The van der Waals surface area contributed by atoms with Gasteiger partial charge in [0.2, 0.25) is 0 Å². The molecule has 0 radical (unpaired) electrons. The van der Waals surface area contributed by atoms with Crippen molar-refractivity contribution in [3.05, 3.63) is 35.1 Å². The number of hydrogen-bond donors (Lipinski definition) is 2. The quantitative estimate of drug-likeness (QED) is 0.550. The van der Waals surface area contributed by atoms with E-state index in [1.807, 2.05) is 19.9 Å². The lowest BCUT2D eigenvalue weighted by Crippen LogP contribution is -2.29. The molecular formula is C20H26O6. The minimum absolute atomic E-state index is 0.00743. The van der Waals surface area contributed by atoms with Crippen molar-refractivity contribution in [1.82, 2.24) is 0 Å². The van der Waals surface area contributed by atoms with Crippen LogP contribution in [0.15, 0.2) is 35.1 Å². The highest BCUT2D eigenvalue weighted by atomic mass is 16.6. The van der Waals surface area contributed by atoms with Crippen molar-refractivity contribution in [2.24, 2.45) is 5.92 Å². The Balaban J connectivity index is 1.89. The fourth-order valence-electron chi connectivity index (χ4n) is 3.50. The van der Waals surface area contributed by atoms with Crippen LogP contribution in [0.5, 0.6) is 0 Å². The van der Waals surface area contributed by atoms with Gasteiger partial charge in [-0.3, -0.25) is 4.79 Å². The first-order valence-corrected chi connectivity index (χ1v) is 9.22. The summed E-state index contributed by atoms with van der Waals surface area (Å²) >= 11 is 0. The molecule has 1 saturated heterocycles. The molecule has 0 aromatic carbocycles. The van der Waals surface area contributed by atoms with Crippen LogP contribution in [0.3, 0.4) is 0 Å². The Labute approximate surface area is 153 Å². The van der Waals surface area contributed by atoms with Gasteiger partial charge in [-0.2, -0.15) is 0 Å². The largest absolute Gasteiger partial charge is 0.511 e. The number of carbonyl (C=O) groups is 2. The first-order chi connectivity index (χ1) is 12.3. The lowest BCUT2D eigenvalue weighted by atomic mass is 9.90. The van der Waals surface area contributed by atoms with Crippen molar-refractivity contribution >= 4 is 11.8 Å². The summed E-state index contributed by atoms with van der Waals surface area (Å²) in [6.07, 6.45) is 5.79. The third-order valence-electron chi connectivity index (χ3n) is 5.05. The minimum Gasteiger partial charge on any atom is -0.511 e. The molecule has 3 aliphatic rings. The predicted octanol–water partition coefficient (Wildman–Crippen LogP) is 2.52. The average molecular weight is 362 g/mol. The zero-order chi connectivity index (χ0) is 18.8. The number of allylic oxidation sites excluding steroid dienone is 2. The number of aliphatic hydroxyl groups excluding tert-OH is 2. The lowest BCUT2D eigenvalue weighted by Gasteiger charge is -2.25. The number of rotatable bonds is 1.